The molecule has 1 aromatic rings. The molecule has 1 saturated heterocycles. The fraction of sp³-hybridized carbons (Fsp3) is 0.600. The highest BCUT2D eigenvalue weighted by atomic mass is 35.5. The third-order valence-corrected chi connectivity index (χ3v) is 4.11. The van der Waals surface area contributed by atoms with E-state index in [9.17, 15) is 0 Å². The van der Waals surface area contributed by atoms with Gasteiger partial charge in [-0.2, -0.15) is 0 Å². The van der Waals surface area contributed by atoms with E-state index in [2.05, 4.69) is 19.2 Å². The Balaban J connectivity index is 2.06. The van der Waals surface area contributed by atoms with Crippen LogP contribution in [0.4, 0.5) is 0 Å². The molecule has 0 bridgehead atoms. The maximum Gasteiger partial charge on any atom is 0.0512 e. The SMILES string of the molecule is CC(C)NC1CCOCC1Cc1ccc(Cl)cc1Cl. The monoisotopic (exact) mass is 301 g/mol. The summed E-state index contributed by atoms with van der Waals surface area (Å²) in [6, 6.07) is 6.72. The van der Waals surface area contributed by atoms with Gasteiger partial charge in [-0.3, -0.25) is 0 Å². The van der Waals surface area contributed by atoms with Crippen LogP contribution in [-0.4, -0.2) is 25.3 Å². The molecule has 0 spiro atoms. The number of nitrogens with one attached hydrogen (secondary N) is 1. The van der Waals surface area contributed by atoms with Gasteiger partial charge in [0.1, 0.15) is 0 Å². The lowest BCUT2D eigenvalue weighted by Crippen LogP contribution is -2.46. The molecule has 2 unspecified atom stereocenters. The molecule has 4 heteroatoms. The van der Waals surface area contributed by atoms with E-state index in [1.165, 1.54) is 0 Å². The van der Waals surface area contributed by atoms with Gasteiger partial charge in [-0.25, -0.2) is 0 Å². The molecule has 0 radical (unpaired) electrons. The quantitative estimate of drug-likeness (QED) is 0.909. The summed E-state index contributed by atoms with van der Waals surface area (Å²) in [6.45, 7) is 6.00. The van der Waals surface area contributed by atoms with Crippen LogP contribution in [0.3, 0.4) is 0 Å². The second-order valence-corrected chi connectivity index (χ2v) is 6.34. The van der Waals surface area contributed by atoms with E-state index in [4.69, 9.17) is 27.9 Å². The van der Waals surface area contributed by atoms with Gasteiger partial charge in [0.05, 0.1) is 6.61 Å². The average molecular weight is 302 g/mol. The number of ether oxygens (including phenoxy) is 1. The van der Waals surface area contributed by atoms with Crippen molar-refractivity contribution in [3.8, 4) is 0 Å². The summed E-state index contributed by atoms with van der Waals surface area (Å²) in [5.41, 5.74) is 1.15. The summed E-state index contributed by atoms with van der Waals surface area (Å²) in [5, 5.41) is 5.07. The third kappa shape index (κ3) is 4.35. The summed E-state index contributed by atoms with van der Waals surface area (Å²) in [6.07, 6.45) is 1.99. The van der Waals surface area contributed by atoms with Gasteiger partial charge in [-0.05, 0) is 30.5 Å². The fourth-order valence-electron chi connectivity index (χ4n) is 2.62. The lowest BCUT2D eigenvalue weighted by molar-refractivity contribution is 0.0300. The van der Waals surface area contributed by atoms with Crippen molar-refractivity contribution in [1.82, 2.24) is 5.32 Å². The molecule has 1 N–H and O–H groups in total. The Morgan fingerprint density at radius 2 is 2.16 bits per heavy atom. The van der Waals surface area contributed by atoms with Crippen LogP contribution in [0.25, 0.3) is 0 Å². The number of rotatable bonds is 4. The van der Waals surface area contributed by atoms with E-state index < -0.39 is 0 Å². The number of hydrogen-bond acceptors (Lipinski definition) is 2. The fourth-order valence-corrected chi connectivity index (χ4v) is 3.10. The molecule has 106 valence electrons. The van der Waals surface area contributed by atoms with Crippen molar-refractivity contribution in [2.24, 2.45) is 5.92 Å². The van der Waals surface area contributed by atoms with Crippen LogP contribution < -0.4 is 5.32 Å². The molecule has 19 heavy (non-hydrogen) atoms. The van der Waals surface area contributed by atoms with Crippen LogP contribution in [0.5, 0.6) is 0 Å². The lowest BCUT2D eigenvalue weighted by Gasteiger charge is -2.34. The highest BCUT2D eigenvalue weighted by molar-refractivity contribution is 6.35. The first-order valence-corrected chi connectivity index (χ1v) is 7.59. The molecular weight excluding hydrogens is 281 g/mol. The van der Waals surface area contributed by atoms with E-state index >= 15 is 0 Å². The van der Waals surface area contributed by atoms with Gasteiger partial charge in [-0.1, -0.05) is 43.1 Å². The van der Waals surface area contributed by atoms with Crippen LogP contribution in [-0.2, 0) is 11.2 Å². The molecule has 2 nitrogen and oxygen atoms in total. The zero-order valence-corrected chi connectivity index (χ0v) is 13.0. The van der Waals surface area contributed by atoms with Crippen LogP contribution in [0.2, 0.25) is 10.0 Å². The predicted molar refractivity (Wildman–Crippen MR) is 81.2 cm³/mol. The predicted octanol–water partition coefficient (Wildman–Crippen LogP) is 3.94. The largest absolute Gasteiger partial charge is 0.381 e. The molecule has 1 aliphatic rings. The van der Waals surface area contributed by atoms with Crippen molar-refractivity contribution in [2.75, 3.05) is 13.2 Å². The summed E-state index contributed by atoms with van der Waals surface area (Å²) in [5.74, 6) is 0.467. The highest BCUT2D eigenvalue weighted by Gasteiger charge is 2.26. The molecule has 1 aromatic carbocycles. The molecule has 1 fully saturated rings. The zero-order valence-electron chi connectivity index (χ0n) is 11.5. The highest BCUT2D eigenvalue weighted by Crippen LogP contribution is 2.26. The van der Waals surface area contributed by atoms with Gasteiger partial charge >= 0.3 is 0 Å². The first kappa shape index (κ1) is 15.1. The van der Waals surface area contributed by atoms with Gasteiger partial charge in [0.25, 0.3) is 0 Å². The summed E-state index contributed by atoms with van der Waals surface area (Å²) < 4.78 is 5.62. The molecule has 0 saturated carbocycles. The van der Waals surface area contributed by atoms with Crippen LogP contribution in [0.1, 0.15) is 25.8 Å². The molecule has 2 rings (SSSR count). The van der Waals surface area contributed by atoms with E-state index in [1.807, 2.05) is 18.2 Å². The normalized spacial score (nSPS) is 23.8. The molecule has 1 heterocycles. The topological polar surface area (TPSA) is 21.3 Å². The Kier molecular flexibility index (Phi) is 5.52. The molecular formula is C15H21Cl2NO. The van der Waals surface area contributed by atoms with Crippen LogP contribution >= 0.6 is 23.2 Å². The Bertz CT molecular complexity index is 423. The van der Waals surface area contributed by atoms with Crippen LogP contribution in [0.15, 0.2) is 18.2 Å². The van der Waals surface area contributed by atoms with Gasteiger partial charge in [0.2, 0.25) is 0 Å². The van der Waals surface area contributed by atoms with Gasteiger partial charge < -0.3 is 10.1 Å². The van der Waals surface area contributed by atoms with Crippen molar-refractivity contribution < 1.29 is 4.74 Å². The van der Waals surface area contributed by atoms with E-state index in [0.717, 1.165) is 36.6 Å². The van der Waals surface area contributed by atoms with E-state index in [0.29, 0.717) is 23.0 Å². The third-order valence-electron chi connectivity index (χ3n) is 3.52. The Hall–Kier alpha value is -0.280. The standard InChI is InChI=1S/C15H21Cl2NO/c1-10(2)18-15-5-6-19-9-12(15)7-11-3-4-13(16)8-14(11)17/h3-4,8,10,12,15,18H,5-7,9H2,1-2H3. The zero-order chi connectivity index (χ0) is 13.8. The minimum absolute atomic E-state index is 0.467. The Morgan fingerprint density at radius 3 is 2.84 bits per heavy atom. The first-order chi connectivity index (χ1) is 9.06. The summed E-state index contributed by atoms with van der Waals surface area (Å²) in [7, 11) is 0. The van der Waals surface area contributed by atoms with Crippen molar-refractivity contribution in [2.45, 2.75) is 38.8 Å². The van der Waals surface area contributed by atoms with Gasteiger partial charge in [0.15, 0.2) is 0 Å². The number of benzene rings is 1. The molecule has 1 aliphatic heterocycles. The molecule has 0 aromatic heterocycles. The summed E-state index contributed by atoms with van der Waals surface area (Å²) >= 11 is 12.2. The lowest BCUT2D eigenvalue weighted by atomic mass is 9.89. The van der Waals surface area contributed by atoms with Gasteiger partial charge in [0, 0.05) is 34.7 Å². The number of hydrogen-bond donors (Lipinski definition) is 1. The molecule has 0 aliphatic carbocycles. The van der Waals surface area contributed by atoms with E-state index in [-0.39, 0.29) is 0 Å². The Morgan fingerprint density at radius 1 is 1.37 bits per heavy atom. The smallest absolute Gasteiger partial charge is 0.0512 e. The molecule has 0 amide bonds. The number of halogens is 2. The van der Waals surface area contributed by atoms with Crippen molar-refractivity contribution in [1.29, 1.82) is 0 Å². The first-order valence-electron chi connectivity index (χ1n) is 6.84. The maximum absolute atomic E-state index is 6.26. The minimum Gasteiger partial charge on any atom is -0.381 e. The van der Waals surface area contributed by atoms with Crippen molar-refractivity contribution >= 4 is 23.2 Å². The summed E-state index contributed by atoms with van der Waals surface area (Å²) in [4.78, 5) is 0. The minimum atomic E-state index is 0.467. The second kappa shape index (κ2) is 6.94. The van der Waals surface area contributed by atoms with Crippen molar-refractivity contribution in [3.63, 3.8) is 0 Å². The maximum atomic E-state index is 6.26. The average Bonchev–Trinajstić information content (AvgIpc) is 2.34. The molecule has 2 atom stereocenters. The van der Waals surface area contributed by atoms with E-state index in [1.54, 1.807) is 0 Å². The van der Waals surface area contributed by atoms with Crippen molar-refractivity contribution in [3.05, 3.63) is 33.8 Å². The second-order valence-electron chi connectivity index (χ2n) is 5.49. The van der Waals surface area contributed by atoms with Crippen LogP contribution in [0, 0.1) is 5.92 Å². The van der Waals surface area contributed by atoms with Gasteiger partial charge in [-0.15, -0.1) is 0 Å². The Labute approximate surface area is 125 Å².